The molecule has 0 atom stereocenters. The van der Waals surface area contributed by atoms with Gasteiger partial charge in [-0.25, -0.2) is 0 Å². The first kappa shape index (κ1) is 12.1. The van der Waals surface area contributed by atoms with Gasteiger partial charge in [0.2, 0.25) is 0 Å². The molecule has 0 aliphatic carbocycles. The molecule has 3 aromatic carbocycles. The zero-order chi connectivity index (χ0) is 14.4. The van der Waals surface area contributed by atoms with Crippen LogP contribution >= 0.6 is 0 Å². The molecule has 1 N–H and O–H groups in total. The number of hydrogen-bond donors (Lipinski definition) is 1. The molecule has 21 heavy (non-hydrogen) atoms. The van der Waals surface area contributed by atoms with Crippen molar-refractivity contribution in [2.24, 2.45) is 5.09 Å². The summed E-state index contributed by atoms with van der Waals surface area (Å²) in [5, 5.41) is 16.4. The minimum absolute atomic E-state index is 0.398. The Labute approximate surface area is 120 Å². The Morgan fingerprint density at radius 1 is 1.00 bits per heavy atom. The molecule has 1 aromatic heterocycles. The molecular weight excluding hydrogens is 265 g/mol. The molecule has 0 fully saturated rings. The third kappa shape index (κ3) is 1.68. The molecule has 0 unspecified atom stereocenters. The average molecular weight is 275 g/mol. The summed E-state index contributed by atoms with van der Waals surface area (Å²) in [5.41, 5.74) is 1.64. The molecule has 0 aliphatic heterocycles. The van der Waals surface area contributed by atoms with Crippen LogP contribution in [0.4, 0.5) is 0 Å². The molecule has 0 radical (unpaired) electrons. The van der Waals surface area contributed by atoms with E-state index in [0.717, 1.165) is 27.1 Å². The molecule has 4 nitrogen and oxygen atoms in total. The van der Waals surface area contributed by atoms with Crippen molar-refractivity contribution in [3.8, 4) is 0 Å². The largest absolute Gasteiger partial charge is 0.521 e. The summed E-state index contributed by atoms with van der Waals surface area (Å²) in [4.78, 5) is 10.8. The first-order valence-electron chi connectivity index (χ1n) is 6.63. The van der Waals surface area contributed by atoms with E-state index in [1.807, 2.05) is 48.5 Å². The van der Waals surface area contributed by atoms with Crippen LogP contribution < -0.4 is 5.46 Å². The highest BCUT2D eigenvalue weighted by atomic mass is 16.3. The van der Waals surface area contributed by atoms with Crippen LogP contribution in [-0.2, 0) is 0 Å². The standard InChI is InChI=1S/C16H10BNO3/c19-17(18-20)13-9-10-5-1-2-6-11(10)15-12-7-3-4-8-14(12)21-16(13)15/h1-9,19H. The Morgan fingerprint density at radius 3 is 2.52 bits per heavy atom. The fourth-order valence-corrected chi connectivity index (χ4v) is 2.85. The third-order valence-electron chi connectivity index (χ3n) is 3.78. The molecule has 0 saturated heterocycles. The Hall–Kier alpha value is -2.66. The topological polar surface area (TPSA) is 62.8 Å². The Kier molecular flexibility index (Phi) is 2.55. The van der Waals surface area contributed by atoms with Crippen molar-refractivity contribution in [2.45, 2.75) is 0 Å². The molecule has 0 saturated carbocycles. The molecule has 0 amide bonds. The summed E-state index contributed by atoms with van der Waals surface area (Å²) in [6.07, 6.45) is 0. The van der Waals surface area contributed by atoms with Crippen molar-refractivity contribution in [3.05, 3.63) is 59.5 Å². The minimum Gasteiger partial charge on any atom is -0.456 e. The number of benzene rings is 3. The predicted molar refractivity (Wildman–Crippen MR) is 84.6 cm³/mol. The molecule has 4 aromatic rings. The van der Waals surface area contributed by atoms with E-state index in [2.05, 4.69) is 5.09 Å². The first-order valence-corrected chi connectivity index (χ1v) is 6.63. The van der Waals surface area contributed by atoms with E-state index in [1.54, 1.807) is 6.07 Å². The van der Waals surface area contributed by atoms with Crippen LogP contribution in [0.2, 0.25) is 0 Å². The third-order valence-corrected chi connectivity index (χ3v) is 3.78. The second-order valence-corrected chi connectivity index (χ2v) is 4.97. The predicted octanol–water partition coefficient (Wildman–Crippen LogP) is 3.19. The average Bonchev–Trinajstić information content (AvgIpc) is 2.93. The van der Waals surface area contributed by atoms with Crippen LogP contribution in [0, 0.1) is 4.91 Å². The van der Waals surface area contributed by atoms with E-state index in [1.165, 1.54) is 0 Å². The lowest BCUT2D eigenvalue weighted by Crippen LogP contribution is -2.28. The molecule has 1 heterocycles. The van der Waals surface area contributed by atoms with Gasteiger partial charge in [-0.1, -0.05) is 53.6 Å². The van der Waals surface area contributed by atoms with Gasteiger partial charge in [0.05, 0.1) is 0 Å². The fraction of sp³-hybridized carbons (Fsp3) is 0. The van der Waals surface area contributed by atoms with Gasteiger partial charge in [-0.15, -0.1) is 0 Å². The number of rotatable bonds is 2. The maximum Gasteiger partial charge on any atom is 0.521 e. The molecule has 5 heteroatoms. The highest BCUT2D eigenvalue weighted by Gasteiger charge is 2.24. The van der Waals surface area contributed by atoms with Gasteiger partial charge >= 0.3 is 7.05 Å². The van der Waals surface area contributed by atoms with E-state index >= 15 is 0 Å². The molecule has 0 bridgehead atoms. The minimum atomic E-state index is -1.43. The summed E-state index contributed by atoms with van der Waals surface area (Å²) in [5.74, 6) is 0. The number of furan rings is 1. The lowest BCUT2D eigenvalue weighted by molar-refractivity contribution is 0.586. The summed E-state index contributed by atoms with van der Waals surface area (Å²) < 4.78 is 5.86. The van der Waals surface area contributed by atoms with Crippen LogP contribution in [0.3, 0.4) is 0 Å². The number of hydrogen-bond acceptors (Lipinski definition) is 4. The Bertz CT molecular complexity index is 993. The molecule has 100 valence electrons. The zero-order valence-corrected chi connectivity index (χ0v) is 11.0. The fourth-order valence-electron chi connectivity index (χ4n) is 2.85. The van der Waals surface area contributed by atoms with Gasteiger partial charge in [0, 0.05) is 16.2 Å². The van der Waals surface area contributed by atoms with Crippen LogP contribution in [0.25, 0.3) is 32.7 Å². The second kappa shape index (κ2) is 4.43. The maximum absolute atomic E-state index is 10.8. The zero-order valence-electron chi connectivity index (χ0n) is 11.0. The summed E-state index contributed by atoms with van der Waals surface area (Å²) in [6, 6.07) is 17.2. The van der Waals surface area contributed by atoms with E-state index in [9.17, 15) is 9.93 Å². The lowest BCUT2D eigenvalue weighted by atomic mass is 9.74. The van der Waals surface area contributed by atoms with Crippen molar-refractivity contribution in [1.29, 1.82) is 0 Å². The van der Waals surface area contributed by atoms with E-state index in [0.29, 0.717) is 11.0 Å². The van der Waals surface area contributed by atoms with E-state index in [4.69, 9.17) is 4.42 Å². The lowest BCUT2D eigenvalue weighted by Gasteiger charge is -2.04. The van der Waals surface area contributed by atoms with E-state index < -0.39 is 7.05 Å². The Morgan fingerprint density at radius 2 is 1.71 bits per heavy atom. The second-order valence-electron chi connectivity index (χ2n) is 4.97. The van der Waals surface area contributed by atoms with Crippen LogP contribution in [-0.4, -0.2) is 12.1 Å². The van der Waals surface area contributed by atoms with Crippen molar-refractivity contribution in [3.63, 3.8) is 0 Å². The van der Waals surface area contributed by atoms with Crippen molar-refractivity contribution < 1.29 is 9.44 Å². The van der Waals surface area contributed by atoms with E-state index in [-0.39, 0.29) is 0 Å². The summed E-state index contributed by atoms with van der Waals surface area (Å²) in [7, 11) is -1.43. The quantitative estimate of drug-likeness (QED) is 0.451. The van der Waals surface area contributed by atoms with Gasteiger partial charge in [-0.3, -0.25) is 0 Å². The van der Waals surface area contributed by atoms with Crippen molar-refractivity contribution >= 4 is 45.2 Å². The molecular formula is C16H10BNO3. The number of fused-ring (bicyclic) bond motifs is 5. The normalized spacial score (nSPS) is 11.3. The highest BCUT2D eigenvalue weighted by molar-refractivity contribution is 6.67. The van der Waals surface area contributed by atoms with Gasteiger partial charge in [0.15, 0.2) is 0 Å². The monoisotopic (exact) mass is 275 g/mol. The molecule has 4 rings (SSSR count). The van der Waals surface area contributed by atoms with Crippen molar-refractivity contribution in [1.82, 2.24) is 0 Å². The van der Waals surface area contributed by atoms with Crippen molar-refractivity contribution in [2.75, 3.05) is 0 Å². The first-order chi connectivity index (χ1) is 10.3. The van der Waals surface area contributed by atoms with Gasteiger partial charge in [0.1, 0.15) is 11.2 Å². The maximum atomic E-state index is 10.8. The SMILES string of the molecule is O=NB(O)c1cc2ccccc2c2c1oc1ccccc12. The highest BCUT2D eigenvalue weighted by Crippen LogP contribution is 2.33. The van der Waals surface area contributed by atoms with Crippen LogP contribution in [0.1, 0.15) is 0 Å². The number of nitroso groups, excluding NO2 is 1. The van der Waals surface area contributed by atoms with Crippen LogP contribution in [0.15, 0.2) is 64.1 Å². The Balaban J connectivity index is 2.30. The van der Waals surface area contributed by atoms with Gasteiger partial charge in [0.25, 0.3) is 0 Å². The van der Waals surface area contributed by atoms with Crippen LogP contribution in [0.5, 0.6) is 0 Å². The van der Waals surface area contributed by atoms with Gasteiger partial charge < -0.3 is 9.44 Å². The van der Waals surface area contributed by atoms with Gasteiger partial charge in [-0.05, 0) is 16.8 Å². The van der Waals surface area contributed by atoms with Gasteiger partial charge in [-0.2, -0.15) is 4.91 Å². The molecule has 0 aliphatic rings. The smallest absolute Gasteiger partial charge is 0.456 e. The molecule has 0 spiro atoms. The summed E-state index contributed by atoms with van der Waals surface area (Å²) >= 11 is 0. The number of para-hydroxylation sites is 1. The number of nitrogens with zero attached hydrogens (tertiary/aromatic N) is 1. The summed E-state index contributed by atoms with van der Waals surface area (Å²) in [6.45, 7) is 0.